The van der Waals surface area contributed by atoms with Gasteiger partial charge in [0, 0.05) is 32.1 Å². The van der Waals surface area contributed by atoms with Crippen molar-refractivity contribution in [3.63, 3.8) is 0 Å². The Labute approximate surface area is 145 Å². The van der Waals surface area contributed by atoms with Crippen molar-refractivity contribution in [2.75, 3.05) is 26.7 Å². The Hall–Kier alpha value is -1.79. The summed E-state index contributed by atoms with van der Waals surface area (Å²) in [6.45, 7) is 7.08. The van der Waals surface area contributed by atoms with E-state index in [1.807, 2.05) is 20.8 Å². The number of rotatable bonds is 7. The van der Waals surface area contributed by atoms with E-state index in [0.717, 1.165) is 0 Å². The molecule has 0 saturated heterocycles. The predicted molar refractivity (Wildman–Crippen MR) is 96.8 cm³/mol. The van der Waals surface area contributed by atoms with E-state index in [1.165, 1.54) is 25.7 Å². The summed E-state index contributed by atoms with van der Waals surface area (Å²) in [6.07, 6.45) is 5.51. The third-order valence-corrected chi connectivity index (χ3v) is 3.84. The number of amides is 2. The monoisotopic (exact) mass is 339 g/mol. The van der Waals surface area contributed by atoms with Crippen LogP contribution in [0.1, 0.15) is 52.9 Å². The molecule has 0 aromatic carbocycles. The van der Waals surface area contributed by atoms with Gasteiger partial charge in [-0.25, -0.2) is 0 Å². The average Bonchev–Trinajstić information content (AvgIpc) is 2.97. The van der Waals surface area contributed by atoms with Crippen LogP contribution >= 0.6 is 0 Å². The first kappa shape index (κ1) is 20.3. The molecule has 0 aromatic heterocycles. The first-order chi connectivity index (χ1) is 11.3. The molecule has 0 heterocycles. The molecule has 1 rings (SSSR count). The van der Waals surface area contributed by atoms with Gasteiger partial charge < -0.3 is 21.3 Å². The SMILES string of the molecule is CN=C(NCCNC(=O)CC1CCCC1)NCC(=O)NC(C)(C)C. The molecule has 0 radical (unpaired) electrons. The lowest BCUT2D eigenvalue weighted by Crippen LogP contribution is -2.49. The van der Waals surface area contributed by atoms with Gasteiger partial charge in [-0.3, -0.25) is 14.6 Å². The highest BCUT2D eigenvalue weighted by atomic mass is 16.2. The molecule has 1 aliphatic rings. The smallest absolute Gasteiger partial charge is 0.239 e. The standard InChI is InChI=1S/C17H33N5O2/c1-17(2,3)22-15(24)12-21-16(18-4)20-10-9-19-14(23)11-13-7-5-6-8-13/h13H,5-12H2,1-4H3,(H,19,23)(H,22,24)(H2,18,20,21). The Morgan fingerprint density at radius 2 is 1.62 bits per heavy atom. The van der Waals surface area contributed by atoms with Crippen molar-refractivity contribution in [3.05, 3.63) is 0 Å². The summed E-state index contributed by atoms with van der Waals surface area (Å²) in [5.41, 5.74) is -0.251. The maximum absolute atomic E-state index is 11.8. The molecule has 138 valence electrons. The quantitative estimate of drug-likeness (QED) is 0.313. The number of guanidine groups is 1. The summed E-state index contributed by atoms with van der Waals surface area (Å²) in [5.74, 6) is 1.14. The highest BCUT2D eigenvalue weighted by molar-refractivity contribution is 5.86. The van der Waals surface area contributed by atoms with Crippen LogP contribution in [0.4, 0.5) is 0 Å². The second-order valence-corrected chi connectivity index (χ2v) is 7.36. The molecule has 4 N–H and O–H groups in total. The van der Waals surface area contributed by atoms with Gasteiger partial charge >= 0.3 is 0 Å². The molecule has 1 saturated carbocycles. The summed E-state index contributed by atoms with van der Waals surface area (Å²) in [4.78, 5) is 27.6. The molecule has 0 aromatic rings. The van der Waals surface area contributed by atoms with Crippen molar-refractivity contribution in [2.45, 2.75) is 58.4 Å². The summed E-state index contributed by atoms with van der Waals surface area (Å²) in [7, 11) is 1.65. The van der Waals surface area contributed by atoms with Gasteiger partial charge in [-0.05, 0) is 39.5 Å². The minimum atomic E-state index is -0.251. The summed E-state index contributed by atoms with van der Waals surface area (Å²) >= 11 is 0. The van der Waals surface area contributed by atoms with Crippen molar-refractivity contribution in [1.82, 2.24) is 21.3 Å². The highest BCUT2D eigenvalue weighted by Crippen LogP contribution is 2.27. The molecule has 0 bridgehead atoms. The van der Waals surface area contributed by atoms with Gasteiger partial charge in [-0.15, -0.1) is 0 Å². The fraction of sp³-hybridized carbons (Fsp3) is 0.824. The third-order valence-electron chi connectivity index (χ3n) is 3.84. The van der Waals surface area contributed by atoms with Crippen molar-refractivity contribution < 1.29 is 9.59 Å². The minimum Gasteiger partial charge on any atom is -0.355 e. The Morgan fingerprint density at radius 1 is 1.00 bits per heavy atom. The summed E-state index contributed by atoms with van der Waals surface area (Å²) in [5, 5.41) is 11.8. The molecule has 1 fully saturated rings. The molecule has 7 nitrogen and oxygen atoms in total. The molecule has 0 unspecified atom stereocenters. The number of aliphatic imine (C=N–C) groups is 1. The fourth-order valence-electron chi connectivity index (χ4n) is 2.78. The molecule has 2 amide bonds. The van der Waals surface area contributed by atoms with Crippen LogP contribution in [0, 0.1) is 5.92 Å². The predicted octanol–water partition coefficient (Wildman–Crippen LogP) is 0.763. The topological polar surface area (TPSA) is 94.6 Å². The number of nitrogens with zero attached hydrogens (tertiary/aromatic N) is 1. The van der Waals surface area contributed by atoms with Gasteiger partial charge in [0.25, 0.3) is 0 Å². The van der Waals surface area contributed by atoms with E-state index in [2.05, 4.69) is 26.3 Å². The summed E-state index contributed by atoms with van der Waals surface area (Å²) < 4.78 is 0. The van der Waals surface area contributed by atoms with Crippen molar-refractivity contribution >= 4 is 17.8 Å². The van der Waals surface area contributed by atoms with E-state index in [4.69, 9.17) is 0 Å². The lowest BCUT2D eigenvalue weighted by Gasteiger charge is -2.21. The van der Waals surface area contributed by atoms with Crippen LogP contribution in [0.3, 0.4) is 0 Å². The number of nitrogens with one attached hydrogen (secondary N) is 4. The van der Waals surface area contributed by atoms with Crippen LogP contribution in [0.2, 0.25) is 0 Å². The van der Waals surface area contributed by atoms with Gasteiger partial charge in [0.05, 0.1) is 6.54 Å². The molecule has 24 heavy (non-hydrogen) atoms. The largest absolute Gasteiger partial charge is 0.355 e. The van der Waals surface area contributed by atoms with Crippen LogP contribution in [-0.4, -0.2) is 50.0 Å². The van der Waals surface area contributed by atoms with E-state index in [-0.39, 0.29) is 23.9 Å². The lowest BCUT2D eigenvalue weighted by atomic mass is 10.0. The van der Waals surface area contributed by atoms with Crippen LogP contribution in [0.15, 0.2) is 4.99 Å². The Kier molecular flexibility index (Phi) is 8.57. The molecule has 0 atom stereocenters. The van der Waals surface area contributed by atoms with E-state index in [1.54, 1.807) is 7.05 Å². The average molecular weight is 339 g/mol. The molecular formula is C17H33N5O2. The maximum atomic E-state index is 11.8. The Balaban J connectivity index is 2.13. The second kappa shape index (κ2) is 10.2. The first-order valence-electron chi connectivity index (χ1n) is 8.82. The van der Waals surface area contributed by atoms with Crippen LogP contribution in [0.25, 0.3) is 0 Å². The third kappa shape index (κ3) is 9.37. The van der Waals surface area contributed by atoms with Crippen molar-refractivity contribution in [3.8, 4) is 0 Å². The van der Waals surface area contributed by atoms with Crippen molar-refractivity contribution in [1.29, 1.82) is 0 Å². The molecule has 1 aliphatic carbocycles. The zero-order valence-corrected chi connectivity index (χ0v) is 15.5. The Morgan fingerprint density at radius 3 is 2.21 bits per heavy atom. The molecular weight excluding hydrogens is 306 g/mol. The Bertz CT molecular complexity index is 437. The zero-order valence-electron chi connectivity index (χ0n) is 15.5. The molecule has 0 spiro atoms. The van der Waals surface area contributed by atoms with E-state index in [9.17, 15) is 9.59 Å². The number of hydrogen-bond acceptors (Lipinski definition) is 3. The first-order valence-corrected chi connectivity index (χ1v) is 8.82. The van der Waals surface area contributed by atoms with Crippen molar-refractivity contribution in [2.24, 2.45) is 10.9 Å². The number of hydrogen-bond donors (Lipinski definition) is 4. The van der Waals surface area contributed by atoms with E-state index >= 15 is 0 Å². The lowest BCUT2D eigenvalue weighted by molar-refractivity contribution is -0.122. The van der Waals surface area contributed by atoms with Gasteiger partial charge in [-0.1, -0.05) is 12.8 Å². The normalized spacial score (nSPS) is 15.9. The van der Waals surface area contributed by atoms with Gasteiger partial charge in [0.1, 0.15) is 0 Å². The van der Waals surface area contributed by atoms with Gasteiger partial charge in [-0.2, -0.15) is 0 Å². The zero-order chi connectivity index (χ0) is 18.0. The van der Waals surface area contributed by atoms with Gasteiger partial charge in [0.2, 0.25) is 11.8 Å². The molecule has 7 heteroatoms. The summed E-state index contributed by atoms with van der Waals surface area (Å²) in [6, 6.07) is 0. The number of carbonyl (C=O) groups excluding carboxylic acids is 2. The highest BCUT2D eigenvalue weighted by Gasteiger charge is 2.18. The number of carbonyl (C=O) groups is 2. The molecule has 0 aliphatic heterocycles. The van der Waals surface area contributed by atoms with Crippen LogP contribution in [-0.2, 0) is 9.59 Å². The van der Waals surface area contributed by atoms with Crippen LogP contribution in [0.5, 0.6) is 0 Å². The van der Waals surface area contributed by atoms with E-state index in [0.29, 0.717) is 31.4 Å². The fourth-order valence-corrected chi connectivity index (χ4v) is 2.78. The second-order valence-electron chi connectivity index (χ2n) is 7.36. The maximum Gasteiger partial charge on any atom is 0.239 e. The van der Waals surface area contributed by atoms with Crippen LogP contribution < -0.4 is 21.3 Å². The van der Waals surface area contributed by atoms with E-state index < -0.39 is 0 Å². The van der Waals surface area contributed by atoms with Gasteiger partial charge in [0.15, 0.2) is 5.96 Å². The minimum absolute atomic E-state index is 0.0877.